The number of fused-ring (bicyclic) bond motifs is 5. The van der Waals surface area contributed by atoms with Crippen LogP contribution in [-0.4, -0.2) is 67.2 Å². The van der Waals surface area contributed by atoms with E-state index < -0.39 is 0 Å². The molecule has 11 atom stereocenters. The third kappa shape index (κ3) is 10.5. The maximum absolute atomic E-state index is 13.7. The topological polar surface area (TPSA) is 186 Å². The number of hydrogen-bond donors (Lipinski definition) is 7. The minimum Gasteiger partial charge on any atom is -0.396 e. The summed E-state index contributed by atoms with van der Waals surface area (Å²) in [4.78, 5) is 40.4. The first-order valence-corrected chi connectivity index (χ1v) is 21.6. The summed E-state index contributed by atoms with van der Waals surface area (Å²) in [5, 5.41) is 20.5. The number of nitrogens with two attached hydrogens (primary N) is 3. The van der Waals surface area contributed by atoms with Gasteiger partial charge in [0.2, 0.25) is 17.7 Å². The fraction of sp³-hybridized carbons (Fsp3) is 0.929. The zero-order chi connectivity index (χ0) is 37.7. The molecule has 0 saturated heterocycles. The van der Waals surface area contributed by atoms with Gasteiger partial charge in [0.1, 0.15) is 0 Å². The van der Waals surface area contributed by atoms with Crippen LogP contribution in [0, 0.1) is 46.3 Å². The number of carbonyl (C=O) groups excluding carboxylic acids is 3. The molecule has 52 heavy (non-hydrogen) atoms. The molecule has 10 heteroatoms. The Balaban J connectivity index is 1.62. The summed E-state index contributed by atoms with van der Waals surface area (Å²) in [6, 6.07) is 0.309. The van der Waals surface area contributed by atoms with Crippen LogP contribution < -0.4 is 33.2 Å². The van der Waals surface area contributed by atoms with Gasteiger partial charge in [0.05, 0.1) is 0 Å². The lowest BCUT2D eigenvalue weighted by Gasteiger charge is -2.65. The first kappa shape index (κ1) is 43.0. The van der Waals surface area contributed by atoms with E-state index in [9.17, 15) is 19.5 Å². The minimum absolute atomic E-state index is 0.0685. The molecule has 0 aromatic rings. The van der Waals surface area contributed by atoms with E-state index in [1.54, 1.807) is 0 Å². The molecule has 4 aliphatic carbocycles. The van der Waals surface area contributed by atoms with Gasteiger partial charge in [0.15, 0.2) is 0 Å². The summed E-state index contributed by atoms with van der Waals surface area (Å²) < 4.78 is 0. The number of hydrogen-bond acceptors (Lipinski definition) is 7. The number of amides is 3. The third-order valence-electron chi connectivity index (χ3n) is 14.8. The van der Waals surface area contributed by atoms with Gasteiger partial charge in [-0.1, -0.05) is 40.0 Å². The van der Waals surface area contributed by atoms with Crippen LogP contribution in [0.5, 0.6) is 0 Å². The van der Waals surface area contributed by atoms with Crippen molar-refractivity contribution < 1.29 is 19.5 Å². The maximum Gasteiger partial charge on any atom is 0.220 e. The van der Waals surface area contributed by atoms with Crippen LogP contribution in [-0.2, 0) is 14.4 Å². The molecule has 4 fully saturated rings. The van der Waals surface area contributed by atoms with Gasteiger partial charge < -0.3 is 38.3 Å². The van der Waals surface area contributed by atoms with E-state index in [1.165, 1.54) is 0 Å². The SMILES string of the molecule is CC(CCCO)C1CC[C@H]2C3C(NC(=O)CCCCCN)CC4C[C@H](NC(=O)CCCCCN)CCC4(C)[C@H]3CC(NC(=O)CCCCCN)[C@]12C. The normalized spacial score (nSPS) is 34.4. The van der Waals surface area contributed by atoms with Crippen molar-refractivity contribution in [1.82, 2.24) is 16.0 Å². The van der Waals surface area contributed by atoms with E-state index in [0.717, 1.165) is 116 Å². The quantitative estimate of drug-likeness (QED) is 0.0739. The summed E-state index contributed by atoms with van der Waals surface area (Å²) in [5.74, 6) is 2.84. The van der Waals surface area contributed by atoms with E-state index >= 15 is 0 Å². The average Bonchev–Trinajstić information content (AvgIpc) is 3.48. The molecule has 4 saturated carbocycles. The molecule has 0 aromatic heterocycles. The first-order valence-electron chi connectivity index (χ1n) is 21.6. The van der Waals surface area contributed by atoms with Crippen molar-refractivity contribution >= 4 is 17.7 Å². The standard InChI is InChI=1S/C42H78N6O4/c1-29(14-13-25-49)32-18-19-33-40-34(28-36(42(32,33)3)48-39(52)17-9-6-12-24-45)41(2)21-20-31(46-37(50)15-7-4-10-22-43)26-30(41)27-35(40)47-38(51)16-8-5-11-23-44/h29-36,40,49H,4-28,43-45H2,1-3H3,(H,46,50)(H,47,51)(H,48,52)/t29?,30?,31-,32?,33+,34+,35?,36?,40?,41?,42-/m1/s1. The van der Waals surface area contributed by atoms with Crippen LogP contribution in [0.2, 0.25) is 0 Å². The summed E-state index contributed by atoms with van der Waals surface area (Å²) in [5.41, 5.74) is 17.1. The van der Waals surface area contributed by atoms with Crippen molar-refractivity contribution in [2.45, 2.75) is 174 Å². The van der Waals surface area contributed by atoms with Crippen molar-refractivity contribution in [3.8, 4) is 0 Å². The Hall–Kier alpha value is -1.75. The highest BCUT2D eigenvalue weighted by Gasteiger charge is 2.66. The zero-order valence-corrected chi connectivity index (χ0v) is 33.3. The monoisotopic (exact) mass is 731 g/mol. The molecular formula is C42H78N6O4. The number of nitrogens with one attached hydrogen (secondary N) is 3. The van der Waals surface area contributed by atoms with Gasteiger partial charge >= 0.3 is 0 Å². The lowest BCUT2D eigenvalue weighted by atomic mass is 9.42. The molecule has 4 aliphatic rings. The molecule has 3 amide bonds. The van der Waals surface area contributed by atoms with E-state index in [2.05, 4.69) is 36.7 Å². The van der Waals surface area contributed by atoms with Gasteiger partial charge in [-0.25, -0.2) is 0 Å². The van der Waals surface area contributed by atoms with Crippen LogP contribution in [0.25, 0.3) is 0 Å². The number of aliphatic hydroxyl groups excluding tert-OH is 1. The minimum atomic E-state index is -0.0919. The van der Waals surface area contributed by atoms with E-state index in [-0.39, 0.29) is 53.3 Å². The van der Waals surface area contributed by atoms with Gasteiger partial charge in [-0.2, -0.15) is 0 Å². The largest absolute Gasteiger partial charge is 0.396 e. The summed E-state index contributed by atoms with van der Waals surface area (Å²) in [7, 11) is 0. The van der Waals surface area contributed by atoms with Gasteiger partial charge in [-0.3, -0.25) is 14.4 Å². The van der Waals surface area contributed by atoms with Crippen LogP contribution in [0.15, 0.2) is 0 Å². The fourth-order valence-electron chi connectivity index (χ4n) is 12.0. The molecule has 10 nitrogen and oxygen atoms in total. The van der Waals surface area contributed by atoms with E-state index in [0.29, 0.717) is 74.4 Å². The van der Waals surface area contributed by atoms with Crippen molar-refractivity contribution in [3.63, 3.8) is 0 Å². The van der Waals surface area contributed by atoms with Crippen molar-refractivity contribution in [3.05, 3.63) is 0 Å². The number of carbonyl (C=O) groups is 3. The summed E-state index contributed by atoms with van der Waals surface area (Å²) in [6.45, 7) is 9.53. The second-order valence-corrected chi connectivity index (χ2v) is 18.0. The van der Waals surface area contributed by atoms with Crippen molar-refractivity contribution in [1.29, 1.82) is 0 Å². The first-order chi connectivity index (χ1) is 25.0. The second kappa shape index (κ2) is 20.8. The molecular weight excluding hydrogens is 652 g/mol. The Morgan fingerprint density at radius 1 is 0.692 bits per heavy atom. The van der Waals surface area contributed by atoms with Gasteiger partial charge in [-0.15, -0.1) is 0 Å². The molecule has 7 unspecified atom stereocenters. The smallest absolute Gasteiger partial charge is 0.220 e. The fourth-order valence-corrected chi connectivity index (χ4v) is 12.0. The lowest BCUT2D eigenvalue weighted by molar-refractivity contribution is -0.154. The highest BCUT2D eigenvalue weighted by atomic mass is 16.3. The summed E-state index contributed by atoms with van der Waals surface area (Å²) in [6.07, 6.45) is 18.9. The Morgan fingerprint density at radius 3 is 1.85 bits per heavy atom. The second-order valence-electron chi connectivity index (χ2n) is 18.0. The molecule has 4 rings (SSSR count). The Morgan fingerprint density at radius 2 is 1.27 bits per heavy atom. The van der Waals surface area contributed by atoms with Crippen LogP contribution >= 0.6 is 0 Å². The number of rotatable bonds is 22. The Bertz CT molecular complexity index is 1120. The summed E-state index contributed by atoms with van der Waals surface area (Å²) >= 11 is 0. The predicted octanol–water partition coefficient (Wildman–Crippen LogP) is 5.29. The van der Waals surface area contributed by atoms with E-state index in [4.69, 9.17) is 17.2 Å². The Kier molecular flexibility index (Phi) is 17.2. The number of unbranched alkanes of at least 4 members (excludes halogenated alkanes) is 6. The van der Waals surface area contributed by atoms with Crippen LogP contribution in [0.3, 0.4) is 0 Å². The lowest BCUT2D eigenvalue weighted by Crippen LogP contribution is -2.67. The van der Waals surface area contributed by atoms with Gasteiger partial charge in [0, 0.05) is 44.0 Å². The molecule has 0 aliphatic heterocycles. The molecule has 0 bridgehead atoms. The highest BCUT2D eigenvalue weighted by molar-refractivity contribution is 5.77. The Labute approximate surface area is 316 Å². The van der Waals surface area contributed by atoms with Crippen molar-refractivity contribution in [2.75, 3.05) is 26.2 Å². The van der Waals surface area contributed by atoms with Crippen LogP contribution in [0.1, 0.15) is 156 Å². The highest BCUT2D eigenvalue weighted by Crippen LogP contribution is 2.68. The maximum atomic E-state index is 13.7. The molecule has 0 radical (unpaired) electrons. The van der Waals surface area contributed by atoms with Gasteiger partial charge in [0.25, 0.3) is 0 Å². The molecule has 0 aromatic carbocycles. The molecule has 300 valence electrons. The van der Waals surface area contributed by atoms with Gasteiger partial charge in [-0.05, 0) is 162 Å². The van der Waals surface area contributed by atoms with E-state index in [1.807, 2.05) is 0 Å². The van der Waals surface area contributed by atoms with Crippen LogP contribution in [0.4, 0.5) is 0 Å². The molecule has 0 heterocycles. The predicted molar refractivity (Wildman–Crippen MR) is 210 cm³/mol. The number of aliphatic hydroxyl groups is 1. The molecule has 10 N–H and O–H groups in total. The van der Waals surface area contributed by atoms with Crippen molar-refractivity contribution in [2.24, 2.45) is 63.5 Å². The average molecular weight is 731 g/mol. The molecule has 0 spiro atoms. The zero-order valence-electron chi connectivity index (χ0n) is 33.3. The third-order valence-corrected chi connectivity index (χ3v) is 14.8.